The van der Waals surface area contributed by atoms with Gasteiger partial charge in [0, 0.05) is 6.54 Å². The lowest BCUT2D eigenvalue weighted by Crippen LogP contribution is -2.33. The molecule has 2 aromatic heterocycles. The molecule has 4 atom stereocenters. The maximum absolute atomic E-state index is 11.3. The Balaban J connectivity index is 2.04. The molecule has 0 bridgehead atoms. The fraction of sp³-hybridized carbons (Fsp3) is 0.562. The summed E-state index contributed by atoms with van der Waals surface area (Å²) >= 11 is 0. The van der Waals surface area contributed by atoms with E-state index in [9.17, 15) is 28.3 Å². The van der Waals surface area contributed by atoms with Crippen molar-refractivity contribution < 1.29 is 33.0 Å². The van der Waals surface area contributed by atoms with Crippen molar-refractivity contribution in [1.82, 2.24) is 19.5 Å². The molecule has 0 aliphatic carbocycles. The lowest BCUT2D eigenvalue weighted by molar-refractivity contribution is -0.0511. The Bertz CT molecular complexity index is 1010. The first-order valence-corrected chi connectivity index (χ1v) is 10.4. The van der Waals surface area contributed by atoms with Gasteiger partial charge in [-0.15, -0.1) is 6.58 Å². The van der Waals surface area contributed by atoms with Crippen molar-refractivity contribution in [2.24, 2.45) is 0 Å². The lowest BCUT2D eigenvalue weighted by Gasteiger charge is -2.17. The molecule has 1 fully saturated rings. The van der Waals surface area contributed by atoms with Crippen molar-refractivity contribution in [2.45, 2.75) is 43.6 Å². The first kappa shape index (κ1) is 21.5. The quantitative estimate of drug-likeness (QED) is 0.262. The van der Waals surface area contributed by atoms with Crippen LogP contribution in [0.1, 0.15) is 25.4 Å². The van der Waals surface area contributed by atoms with Crippen LogP contribution in [-0.4, -0.2) is 79.3 Å². The standard InChI is InChI=1S/C16H23N5O7S/c1-8(2)3-4-17-14-11-15(20-10(19-14)6-29(25,26)27)21(7-18-11)16-13(24)12(23)9(5-22)28-16/h7,9,12-13,16,22-24H,1,3-6H2,2H3,(H,17,19,20)(H,25,26,27)/t9-,12-,13-,16-/m1/s1. The summed E-state index contributed by atoms with van der Waals surface area (Å²) in [5.41, 5.74) is 1.34. The number of hydrogen-bond donors (Lipinski definition) is 5. The molecule has 29 heavy (non-hydrogen) atoms. The monoisotopic (exact) mass is 429 g/mol. The van der Waals surface area contributed by atoms with Crippen molar-refractivity contribution >= 4 is 27.1 Å². The molecule has 1 aliphatic heterocycles. The van der Waals surface area contributed by atoms with E-state index >= 15 is 0 Å². The average molecular weight is 429 g/mol. The molecule has 0 radical (unpaired) electrons. The molecule has 2 aromatic rings. The zero-order chi connectivity index (χ0) is 21.3. The number of ether oxygens (including phenoxy) is 1. The van der Waals surface area contributed by atoms with Gasteiger partial charge in [0.05, 0.1) is 12.9 Å². The normalized spacial score (nSPS) is 24.9. The Morgan fingerprint density at radius 3 is 2.66 bits per heavy atom. The van der Waals surface area contributed by atoms with Gasteiger partial charge in [-0.25, -0.2) is 15.0 Å². The van der Waals surface area contributed by atoms with Crippen LogP contribution in [-0.2, 0) is 20.6 Å². The number of rotatable bonds is 8. The molecule has 5 N–H and O–H groups in total. The molecule has 0 spiro atoms. The molecular weight excluding hydrogens is 406 g/mol. The highest BCUT2D eigenvalue weighted by Crippen LogP contribution is 2.32. The summed E-state index contributed by atoms with van der Waals surface area (Å²) in [6.45, 7) is 5.62. The van der Waals surface area contributed by atoms with Gasteiger partial charge in [-0.1, -0.05) is 5.57 Å². The highest BCUT2D eigenvalue weighted by molar-refractivity contribution is 7.84. The predicted octanol–water partition coefficient (Wildman–Crippen LogP) is -0.796. The minimum atomic E-state index is -4.39. The fourth-order valence-electron chi connectivity index (χ4n) is 3.00. The second kappa shape index (κ2) is 8.30. The van der Waals surface area contributed by atoms with Crippen LogP contribution < -0.4 is 5.32 Å². The Kier molecular flexibility index (Phi) is 6.16. The van der Waals surface area contributed by atoms with Gasteiger partial charge in [-0.2, -0.15) is 8.42 Å². The van der Waals surface area contributed by atoms with Crippen molar-refractivity contribution in [2.75, 3.05) is 18.5 Å². The van der Waals surface area contributed by atoms with Gasteiger partial charge in [0.15, 0.2) is 29.0 Å². The van der Waals surface area contributed by atoms with Crippen LogP contribution in [0.2, 0.25) is 0 Å². The van der Waals surface area contributed by atoms with Gasteiger partial charge in [-0.3, -0.25) is 9.12 Å². The highest BCUT2D eigenvalue weighted by Gasteiger charge is 2.44. The van der Waals surface area contributed by atoms with Crippen LogP contribution >= 0.6 is 0 Å². The first-order valence-electron chi connectivity index (χ1n) is 8.80. The number of nitrogens with zero attached hydrogens (tertiary/aromatic N) is 4. The van der Waals surface area contributed by atoms with E-state index in [1.807, 2.05) is 6.92 Å². The van der Waals surface area contributed by atoms with Gasteiger partial charge in [0.2, 0.25) is 0 Å². The van der Waals surface area contributed by atoms with E-state index in [1.165, 1.54) is 10.9 Å². The van der Waals surface area contributed by atoms with Crippen LogP contribution in [0.15, 0.2) is 18.5 Å². The molecule has 3 heterocycles. The summed E-state index contributed by atoms with van der Waals surface area (Å²) in [4.78, 5) is 12.5. The molecule has 160 valence electrons. The number of aromatic nitrogens is 4. The summed E-state index contributed by atoms with van der Waals surface area (Å²) in [6, 6.07) is 0. The van der Waals surface area contributed by atoms with E-state index in [2.05, 4.69) is 26.8 Å². The number of hydrogen-bond acceptors (Lipinski definition) is 10. The molecule has 1 aliphatic rings. The van der Waals surface area contributed by atoms with E-state index < -0.39 is 47.0 Å². The number of anilines is 1. The van der Waals surface area contributed by atoms with Gasteiger partial charge < -0.3 is 25.4 Å². The predicted molar refractivity (Wildman–Crippen MR) is 102 cm³/mol. The number of nitrogens with one attached hydrogen (secondary N) is 1. The van der Waals surface area contributed by atoms with Crippen LogP contribution in [0, 0.1) is 0 Å². The third-order valence-electron chi connectivity index (χ3n) is 4.41. The van der Waals surface area contributed by atoms with Gasteiger partial charge in [0.25, 0.3) is 10.1 Å². The molecule has 13 heteroatoms. The van der Waals surface area contributed by atoms with Crippen molar-refractivity contribution in [3.05, 3.63) is 24.3 Å². The van der Waals surface area contributed by atoms with Crippen molar-refractivity contribution in [3.63, 3.8) is 0 Å². The largest absolute Gasteiger partial charge is 0.394 e. The van der Waals surface area contributed by atoms with Crippen LogP contribution in [0.3, 0.4) is 0 Å². The molecule has 1 saturated heterocycles. The number of fused-ring (bicyclic) bond motifs is 1. The summed E-state index contributed by atoms with van der Waals surface area (Å²) in [7, 11) is -4.39. The Morgan fingerprint density at radius 2 is 2.07 bits per heavy atom. The minimum Gasteiger partial charge on any atom is -0.394 e. The molecular formula is C16H23N5O7S. The Labute approximate surface area is 166 Å². The lowest BCUT2D eigenvalue weighted by atomic mass is 10.1. The van der Waals surface area contributed by atoms with Crippen molar-refractivity contribution in [3.8, 4) is 0 Å². The summed E-state index contributed by atoms with van der Waals surface area (Å²) in [5.74, 6) is -0.772. The first-order chi connectivity index (χ1) is 13.6. The summed E-state index contributed by atoms with van der Waals surface area (Å²) < 4.78 is 38.6. The van der Waals surface area contributed by atoms with Gasteiger partial charge in [0.1, 0.15) is 24.1 Å². The third-order valence-corrected chi connectivity index (χ3v) is 5.04. The molecule has 0 unspecified atom stereocenters. The fourth-order valence-corrected chi connectivity index (χ4v) is 3.46. The maximum atomic E-state index is 11.3. The average Bonchev–Trinajstić information content (AvgIpc) is 3.15. The highest BCUT2D eigenvalue weighted by atomic mass is 32.2. The minimum absolute atomic E-state index is 0.131. The van der Waals surface area contributed by atoms with Gasteiger partial charge in [-0.05, 0) is 13.3 Å². The zero-order valence-electron chi connectivity index (χ0n) is 15.6. The van der Waals surface area contributed by atoms with E-state index in [4.69, 9.17) is 4.74 Å². The summed E-state index contributed by atoms with van der Waals surface area (Å²) in [6.07, 6.45) is -2.86. The molecule has 0 amide bonds. The molecule has 12 nitrogen and oxygen atoms in total. The number of aliphatic hydroxyl groups is 3. The molecule has 3 rings (SSSR count). The second-order valence-electron chi connectivity index (χ2n) is 6.90. The SMILES string of the molecule is C=C(C)CCNc1nc(CS(=O)(=O)O)nc2c1ncn2[C@@H]1O[C@H](CO)[C@@H](O)[C@H]1O. The topological polar surface area (TPSA) is 180 Å². The van der Waals surface area contributed by atoms with Crippen LogP contribution in [0.5, 0.6) is 0 Å². The smallest absolute Gasteiger partial charge is 0.272 e. The Morgan fingerprint density at radius 1 is 1.34 bits per heavy atom. The summed E-state index contributed by atoms with van der Waals surface area (Å²) in [5, 5.41) is 32.6. The van der Waals surface area contributed by atoms with Crippen molar-refractivity contribution in [1.29, 1.82) is 0 Å². The number of aliphatic hydroxyl groups excluding tert-OH is 3. The second-order valence-corrected chi connectivity index (χ2v) is 8.35. The van der Waals surface area contributed by atoms with Crippen LogP contribution in [0.4, 0.5) is 5.82 Å². The number of imidazole rings is 1. The van der Waals surface area contributed by atoms with E-state index in [0.29, 0.717) is 13.0 Å². The van der Waals surface area contributed by atoms with Crippen LogP contribution in [0.25, 0.3) is 11.2 Å². The Hall–Kier alpha value is -2.16. The van der Waals surface area contributed by atoms with Gasteiger partial charge >= 0.3 is 0 Å². The van der Waals surface area contributed by atoms with E-state index in [-0.39, 0.29) is 22.8 Å². The molecule has 0 saturated carbocycles. The molecule has 0 aromatic carbocycles. The maximum Gasteiger partial charge on any atom is 0.272 e. The third kappa shape index (κ3) is 4.71. The van der Waals surface area contributed by atoms with E-state index in [1.54, 1.807) is 0 Å². The zero-order valence-corrected chi connectivity index (χ0v) is 16.4. The van der Waals surface area contributed by atoms with E-state index in [0.717, 1.165) is 5.57 Å².